The van der Waals surface area contributed by atoms with Crippen molar-refractivity contribution in [1.29, 1.82) is 5.26 Å². The molecule has 2 atom stereocenters. The molecule has 0 aromatic heterocycles. The molecule has 0 amide bonds. The van der Waals surface area contributed by atoms with Crippen molar-refractivity contribution in [2.75, 3.05) is 33.3 Å². The van der Waals surface area contributed by atoms with E-state index in [1.54, 1.807) is 0 Å². The first kappa shape index (κ1) is 16.1. The Labute approximate surface area is 131 Å². The monoisotopic (exact) mass is 307 g/mol. The molecule has 114 valence electrons. The number of ether oxygens (including phenoxy) is 1. The molecule has 2 unspecified atom stereocenters. The fourth-order valence-corrected chi connectivity index (χ4v) is 2.88. The standard InChI is InChI=1S/C16H22ClN3O/c1-4-21-16-6-5-13(9-14(16)17)15(10-18)20-8-7-19(3)12(2)11-20/h5-6,9,12,15H,4,7-8,11H2,1-3H3. The minimum absolute atomic E-state index is 0.255. The number of rotatable bonds is 4. The Balaban J connectivity index is 2.18. The largest absolute Gasteiger partial charge is 0.492 e. The second-order valence-electron chi connectivity index (χ2n) is 5.48. The van der Waals surface area contributed by atoms with Gasteiger partial charge in [0.05, 0.1) is 17.7 Å². The molecule has 0 N–H and O–H groups in total. The molecule has 1 fully saturated rings. The molecule has 5 heteroatoms. The van der Waals surface area contributed by atoms with E-state index in [1.807, 2.05) is 25.1 Å². The third-order valence-electron chi connectivity index (χ3n) is 4.05. The smallest absolute Gasteiger partial charge is 0.137 e. The predicted molar refractivity (Wildman–Crippen MR) is 84.6 cm³/mol. The van der Waals surface area contributed by atoms with Gasteiger partial charge in [-0.1, -0.05) is 17.7 Å². The summed E-state index contributed by atoms with van der Waals surface area (Å²) >= 11 is 6.24. The first-order valence-electron chi connectivity index (χ1n) is 7.33. The lowest BCUT2D eigenvalue weighted by Crippen LogP contribution is -2.50. The van der Waals surface area contributed by atoms with E-state index in [0.717, 1.165) is 25.2 Å². The molecule has 0 saturated carbocycles. The number of likely N-dealkylation sites (N-methyl/N-ethyl adjacent to an activating group) is 1. The molecule has 1 aliphatic heterocycles. The van der Waals surface area contributed by atoms with Crippen LogP contribution in [0.5, 0.6) is 5.75 Å². The van der Waals surface area contributed by atoms with Crippen LogP contribution < -0.4 is 4.74 Å². The lowest BCUT2D eigenvalue weighted by atomic mass is 10.0. The SMILES string of the molecule is CCOc1ccc(C(C#N)N2CCN(C)C(C)C2)cc1Cl. The van der Waals surface area contributed by atoms with Gasteiger partial charge in [-0.2, -0.15) is 5.26 Å². The molecule has 21 heavy (non-hydrogen) atoms. The van der Waals surface area contributed by atoms with E-state index in [9.17, 15) is 5.26 Å². The van der Waals surface area contributed by atoms with Crippen molar-refractivity contribution in [3.05, 3.63) is 28.8 Å². The minimum Gasteiger partial charge on any atom is -0.492 e. The number of hydrogen-bond acceptors (Lipinski definition) is 4. The van der Waals surface area contributed by atoms with Crippen LogP contribution in [0.1, 0.15) is 25.5 Å². The summed E-state index contributed by atoms with van der Waals surface area (Å²) in [5.74, 6) is 0.673. The van der Waals surface area contributed by atoms with E-state index in [2.05, 4.69) is 29.8 Å². The van der Waals surface area contributed by atoms with Gasteiger partial charge in [0, 0.05) is 25.7 Å². The molecule has 1 aromatic rings. The van der Waals surface area contributed by atoms with Crippen LogP contribution in [-0.4, -0.2) is 49.1 Å². The zero-order chi connectivity index (χ0) is 15.4. The van der Waals surface area contributed by atoms with Gasteiger partial charge in [0.25, 0.3) is 0 Å². The second kappa shape index (κ2) is 7.13. The maximum atomic E-state index is 9.57. The first-order chi connectivity index (χ1) is 10.1. The van der Waals surface area contributed by atoms with Gasteiger partial charge in [0.2, 0.25) is 0 Å². The molecule has 0 bridgehead atoms. The van der Waals surface area contributed by atoms with Gasteiger partial charge in [-0.3, -0.25) is 4.90 Å². The highest BCUT2D eigenvalue weighted by Crippen LogP contribution is 2.30. The highest BCUT2D eigenvalue weighted by Gasteiger charge is 2.27. The quantitative estimate of drug-likeness (QED) is 0.857. The Morgan fingerprint density at radius 3 is 2.81 bits per heavy atom. The van der Waals surface area contributed by atoms with Crippen molar-refractivity contribution in [3.8, 4) is 11.8 Å². The first-order valence-corrected chi connectivity index (χ1v) is 7.70. The summed E-state index contributed by atoms with van der Waals surface area (Å²) in [5, 5.41) is 10.1. The maximum Gasteiger partial charge on any atom is 0.137 e. The summed E-state index contributed by atoms with van der Waals surface area (Å²) in [6.45, 7) is 7.45. The Kier molecular flexibility index (Phi) is 5.46. The summed E-state index contributed by atoms with van der Waals surface area (Å²) in [6, 6.07) is 8.25. The number of nitrogens with zero attached hydrogens (tertiary/aromatic N) is 3. The van der Waals surface area contributed by atoms with Gasteiger partial charge in [-0.25, -0.2) is 0 Å². The molecule has 1 saturated heterocycles. The van der Waals surface area contributed by atoms with Gasteiger partial charge in [-0.15, -0.1) is 0 Å². The summed E-state index contributed by atoms with van der Waals surface area (Å²) in [4.78, 5) is 4.53. The van der Waals surface area contributed by atoms with Crippen molar-refractivity contribution in [1.82, 2.24) is 9.80 Å². The number of benzene rings is 1. The van der Waals surface area contributed by atoms with Crippen LogP contribution in [0.3, 0.4) is 0 Å². The van der Waals surface area contributed by atoms with E-state index in [4.69, 9.17) is 16.3 Å². The van der Waals surface area contributed by atoms with E-state index < -0.39 is 0 Å². The maximum absolute atomic E-state index is 9.57. The van der Waals surface area contributed by atoms with Gasteiger partial charge < -0.3 is 9.64 Å². The van der Waals surface area contributed by atoms with Gasteiger partial charge in [-0.05, 0) is 38.6 Å². The Bertz CT molecular complexity index is 529. The van der Waals surface area contributed by atoms with Crippen LogP contribution in [0.4, 0.5) is 0 Å². The average Bonchev–Trinajstić information content (AvgIpc) is 2.46. The molecule has 1 aromatic carbocycles. The molecular formula is C16H22ClN3O. The van der Waals surface area contributed by atoms with Crippen molar-refractivity contribution in [2.24, 2.45) is 0 Å². The second-order valence-corrected chi connectivity index (χ2v) is 5.89. The molecule has 0 aliphatic carbocycles. The number of hydrogen-bond donors (Lipinski definition) is 0. The van der Waals surface area contributed by atoms with Crippen LogP contribution >= 0.6 is 11.6 Å². The minimum atomic E-state index is -0.255. The fourth-order valence-electron chi connectivity index (χ4n) is 2.64. The topological polar surface area (TPSA) is 39.5 Å². The van der Waals surface area contributed by atoms with E-state index >= 15 is 0 Å². The van der Waals surface area contributed by atoms with E-state index in [0.29, 0.717) is 23.4 Å². The third kappa shape index (κ3) is 3.68. The summed E-state index contributed by atoms with van der Waals surface area (Å²) in [7, 11) is 2.12. The van der Waals surface area contributed by atoms with Crippen LogP contribution in [0.25, 0.3) is 0 Å². The van der Waals surface area contributed by atoms with E-state index in [-0.39, 0.29) is 6.04 Å². The Morgan fingerprint density at radius 2 is 2.24 bits per heavy atom. The average molecular weight is 308 g/mol. The van der Waals surface area contributed by atoms with Gasteiger partial charge in [0.15, 0.2) is 0 Å². The van der Waals surface area contributed by atoms with Crippen molar-refractivity contribution in [3.63, 3.8) is 0 Å². The normalized spacial score (nSPS) is 21.8. The lowest BCUT2D eigenvalue weighted by Gasteiger charge is -2.39. The van der Waals surface area contributed by atoms with Crippen LogP contribution in [0.15, 0.2) is 18.2 Å². The Hall–Kier alpha value is -1.28. The third-order valence-corrected chi connectivity index (χ3v) is 4.35. The van der Waals surface area contributed by atoms with Crippen LogP contribution in [0.2, 0.25) is 5.02 Å². The number of nitriles is 1. The summed E-state index contributed by atoms with van der Waals surface area (Å²) < 4.78 is 5.45. The van der Waals surface area contributed by atoms with Crippen molar-refractivity contribution >= 4 is 11.6 Å². The molecule has 0 radical (unpaired) electrons. The molecule has 1 heterocycles. The van der Waals surface area contributed by atoms with Crippen LogP contribution in [-0.2, 0) is 0 Å². The summed E-state index contributed by atoms with van der Waals surface area (Å²) in [6.07, 6.45) is 0. The van der Waals surface area contributed by atoms with Gasteiger partial charge >= 0.3 is 0 Å². The molecule has 4 nitrogen and oxygen atoms in total. The molecular weight excluding hydrogens is 286 g/mol. The summed E-state index contributed by atoms with van der Waals surface area (Å²) in [5.41, 5.74) is 0.933. The molecule has 0 spiro atoms. The molecule has 1 aliphatic rings. The predicted octanol–water partition coefficient (Wildman–Crippen LogP) is 2.94. The highest BCUT2D eigenvalue weighted by molar-refractivity contribution is 6.32. The zero-order valence-corrected chi connectivity index (χ0v) is 13.6. The number of piperazine rings is 1. The van der Waals surface area contributed by atoms with Crippen molar-refractivity contribution in [2.45, 2.75) is 25.9 Å². The highest BCUT2D eigenvalue weighted by atomic mass is 35.5. The molecule has 2 rings (SSSR count). The van der Waals surface area contributed by atoms with Gasteiger partial charge in [0.1, 0.15) is 11.8 Å². The Morgan fingerprint density at radius 1 is 1.48 bits per heavy atom. The van der Waals surface area contributed by atoms with Crippen LogP contribution in [0, 0.1) is 11.3 Å². The lowest BCUT2D eigenvalue weighted by molar-refractivity contribution is 0.0881. The number of halogens is 1. The van der Waals surface area contributed by atoms with E-state index in [1.165, 1.54) is 0 Å². The van der Waals surface area contributed by atoms with Crippen molar-refractivity contribution < 1.29 is 4.74 Å². The fraction of sp³-hybridized carbons (Fsp3) is 0.562. The zero-order valence-electron chi connectivity index (χ0n) is 12.8.